The van der Waals surface area contributed by atoms with E-state index >= 15 is 0 Å². The Labute approximate surface area is 118 Å². The van der Waals surface area contributed by atoms with Crippen LogP contribution in [0.4, 0.5) is 13.2 Å². The lowest BCUT2D eigenvalue weighted by Crippen LogP contribution is -2.37. The van der Waals surface area contributed by atoms with E-state index in [-0.39, 0.29) is 11.3 Å². The van der Waals surface area contributed by atoms with Crippen molar-refractivity contribution in [3.63, 3.8) is 0 Å². The molecule has 0 bridgehead atoms. The Hall–Kier alpha value is -0.370. The van der Waals surface area contributed by atoms with Crippen molar-refractivity contribution >= 4 is 23.5 Å². The van der Waals surface area contributed by atoms with Gasteiger partial charge in [-0.15, -0.1) is 0 Å². The van der Waals surface area contributed by atoms with E-state index < -0.39 is 11.7 Å². The molecular formula is C12H15F3N2S2. The van der Waals surface area contributed by atoms with Crippen LogP contribution in [0.2, 0.25) is 0 Å². The average Bonchev–Trinajstić information content (AvgIpc) is 2.40. The third-order valence-corrected chi connectivity index (χ3v) is 5.83. The lowest BCUT2D eigenvalue weighted by atomic mass is 10.0. The molecule has 2 unspecified atom stereocenters. The first-order valence-electron chi connectivity index (χ1n) is 5.85. The predicted octanol–water partition coefficient (Wildman–Crippen LogP) is 3.06. The maximum atomic E-state index is 12.7. The molecule has 0 saturated carbocycles. The quantitative estimate of drug-likeness (QED) is 0.665. The predicted molar refractivity (Wildman–Crippen MR) is 75.1 cm³/mol. The van der Waals surface area contributed by atoms with E-state index in [4.69, 9.17) is 5.84 Å². The summed E-state index contributed by atoms with van der Waals surface area (Å²) in [4.78, 5) is 0. The molecule has 7 heteroatoms. The summed E-state index contributed by atoms with van der Waals surface area (Å²) >= 11 is 3.57. The van der Waals surface area contributed by atoms with Gasteiger partial charge in [0.1, 0.15) is 0 Å². The van der Waals surface area contributed by atoms with Crippen molar-refractivity contribution in [2.75, 3.05) is 17.3 Å². The number of halogens is 3. The van der Waals surface area contributed by atoms with Gasteiger partial charge in [-0.2, -0.15) is 36.7 Å². The highest BCUT2D eigenvalue weighted by molar-refractivity contribution is 8.06. The Balaban J connectivity index is 2.22. The molecule has 19 heavy (non-hydrogen) atoms. The molecule has 1 aliphatic heterocycles. The Morgan fingerprint density at radius 1 is 1.32 bits per heavy atom. The Bertz CT molecular complexity index is 420. The molecule has 106 valence electrons. The highest BCUT2D eigenvalue weighted by Gasteiger charge is 2.32. The summed E-state index contributed by atoms with van der Waals surface area (Å²) in [6, 6.07) is 5.15. The van der Waals surface area contributed by atoms with Gasteiger partial charge in [0, 0.05) is 22.5 Å². The highest BCUT2D eigenvalue weighted by Crippen LogP contribution is 2.35. The number of hydrogen-bond donors (Lipinski definition) is 2. The van der Waals surface area contributed by atoms with Crippen LogP contribution in [0.5, 0.6) is 0 Å². The molecule has 1 fully saturated rings. The topological polar surface area (TPSA) is 38.0 Å². The van der Waals surface area contributed by atoms with Crippen molar-refractivity contribution in [3.05, 3.63) is 35.4 Å². The van der Waals surface area contributed by atoms with E-state index in [0.717, 1.165) is 23.3 Å². The first-order valence-corrected chi connectivity index (χ1v) is 8.05. The molecular weight excluding hydrogens is 293 g/mol. The molecule has 0 amide bonds. The minimum atomic E-state index is -4.32. The zero-order valence-corrected chi connectivity index (χ0v) is 11.7. The van der Waals surface area contributed by atoms with Gasteiger partial charge in [0.25, 0.3) is 0 Å². The Morgan fingerprint density at radius 3 is 2.68 bits per heavy atom. The van der Waals surface area contributed by atoms with Gasteiger partial charge in [-0.25, -0.2) is 0 Å². The number of thioether (sulfide) groups is 2. The third kappa shape index (κ3) is 3.81. The Morgan fingerprint density at radius 2 is 2.11 bits per heavy atom. The fraction of sp³-hybridized carbons (Fsp3) is 0.500. The lowest BCUT2D eigenvalue weighted by molar-refractivity contribution is -0.137. The van der Waals surface area contributed by atoms with Crippen LogP contribution in [-0.2, 0) is 6.18 Å². The number of hydrazine groups is 1. The van der Waals surface area contributed by atoms with Crippen LogP contribution < -0.4 is 11.3 Å². The molecule has 1 aromatic carbocycles. The zero-order valence-electron chi connectivity index (χ0n) is 10.1. The summed E-state index contributed by atoms with van der Waals surface area (Å²) in [7, 11) is 0. The van der Waals surface area contributed by atoms with Crippen molar-refractivity contribution in [2.45, 2.75) is 17.5 Å². The maximum Gasteiger partial charge on any atom is 0.416 e. The smallest absolute Gasteiger partial charge is 0.271 e. The highest BCUT2D eigenvalue weighted by atomic mass is 32.2. The largest absolute Gasteiger partial charge is 0.416 e. The van der Waals surface area contributed by atoms with Crippen molar-refractivity contribution in [1.29, 1.82) is 0 Å². The summed E-state index contributed by atoms with van der Waals surface area (Å²) in [5.41, 5.74) is 2.63. The average molecular weight is 308 g/mol. The van der Waals surface area contributed by atoms with Gasteiger partial charge < -0.3 is 0 Å². The maximum absolute atomic E-state index is 12.7. The molecule has 2 nitrogen and oxygen atoms in total. The second-order valence-corrected chi connectivity index (χ2v) is 6.75. The van der Waals surface area contributed by atoms with E-state index in [1.807, 2.05) is 11.8 Å². The van der Waals surface area contributed by atoms with E-state index in [1.54, 1.807) is 17.8 Å². The number of hydrogen-bond acceptors (Lipinski definition) is 4. The van der Waals surface area contributed by atoms with Crippen LogP contribution in [0.3, 0.4) is 0 Å². The summed E-state index contributed by atoms with van der Waals surface area (Å²) in [5.74, 6) is 8.53. The Kier molecular flexibility index (Phi) is 5.05. The van der Waals surface area contributed by atoms with Crippen molar-refractivity contribution < 1.29 is 13.2 Å². The second-order valence-electron chi connectivity index (χ2n) is 4.25. The first kappa shape index (κ1) is 15.0. The second kappa shape index (κ2) is 6.39. The zero-order chi connectivity index (χ0) is 13.9. The molecule has 0 aliphatic carbocycles. The molecule has 0 radical (unpaired) electrons. The molecule has 2 atom stereocenters. The molecule has 0 spiro atoms. The number of rotatable bonds is 3. The SMILES string of the molecule is NNC(c1cccc(C(F)(F)F)c1)C1CSCCS1. The van der Waals surface area contributed by atoms with Gasteiger partial charge in [-0.3, -0.25) is 11.3 Å². The fourth-order valence-electron chi connectivity index (χ4n) is 2.03. The summed E-state index contributed by atoms with van der Waals surface area (Å²) < 4.78 is 38.1. The molecule has 1 heterocycles. The summed E-state index contributed by atoms with van der Waals surface area (Å²) in [6.07, 6.45) is -4.32. The number of nitrogens with one attached hydrogen (secondary N) is 1. The normalized spacial score (nSPS) is 22.2. The van der Waals surface area contributed by atoms with Crippen molar-refractivity contribution in [3.8, 4) is 0 Å². The van der Waals surface area contributed by atoms with Crippen molar-refractivity contribution in [1.82, 2.24) is 5.43 Å². The van der Waals surface area contributed by atoms with Gasteiger partial charge in [-0.05, 0) is 17.7 Å². The fourth-order valence-corrected chi connectivity index (χ4v) is 4.88. The van der Waals surface area contributed by atoms with Gasteiger partial charge >= 0.3 is 6.18 Å². The van der Waals surface area contributed by atoms with Crippen LogP contribution >= 0.6 is 23.5 Å². The molecule has 1 aromatic rings. The van der Waals surface area contributed by atoms with E-state index in [2.05, 4.69) is 5.43 Å². The van der Waals surface area contributed by atoms with Gasteiger partial charge in [0.2, 0.25) is 0 Å². The minimum absolute atomic E-state index is 0.201. The van der Waals surface area contributed by atoms with Crippen LogP contribution in [0.1, 0.15) is 17.2 Å². The summed E-state index contributed by atoms with van der Waals surface area (Å²) in [5, 5.41) is 0.201. The van der Waals surface area contributed by atoms with E-state index in [1.165, 1.54) is 12.1 Å². The lowest BCUT2D eigenvalue weighted by Gasteiger charge is -2.29. The van der Waals surface area contributed by atoms with Crippen molar-refractivity contribution in [2.24, 2.45) is 5.84 Å². The molecule has 0 aromatic heterocycles. The number of benzene rings is 1. The number of nitrogens with two attached hydrogens (primary N) is 1. The summed E-state index contributed by atoms with van der Waals surface area (Å²) in [6.45, 7) is 0. The monoisotopic (exact) mass is 308 g/mol. The molecule has 1 aliphatic rings. The minimum Gasteiger partial charge on any atom is -0.271 e. The van der Waals surface area contributed by atoms with Gasteiger partial charge in [0.15, 0.2) is 0 Å². The molecule has 1 saturated heterocycles. The van der Waals surface area contributed by atoms with Crippen LogP contribution in [0.25, 0.3) is 0 Å². The van der Waals surface area contributed by atoms with Gasteiger partial charge in [-0.1, -0.05) is 12.1 Å². The standard InChI is InChI=1S/C12H15F3N2S2/c13-12(14,15)9-3-1-2-8(6-9)11(17-16)10-7-18-4-5-19-10/h1-3,6,10-11,17H,4-5,7,16H2. The van der Waals surface area contributed by atoms with Crippen LogP contribution in [0.15, 0.2) is 24.3 Å². The molecule has 3 N–H and O–H groups in total. The van der Waals surface area contributed by atoms with Crippen LogP contribution in [0, 0.1) is 0 Å². The van der Waals surface area contributed by atoms with Gasteiger partial charge in [0.05, 0.1) is 11.6 Å². The first-order chi connectivity index (χ1) is 9.02. The van der Waals surface area contributed by atoms with E-state index in [9.17, 15) is 13.2 Å². The van der Waals surface area contributed by atoms with Crippen LogP contribution in [-0.4, -0.2) is 22.5 Å². The third-order valence-electron chi connectivity index (χ3n) is 2.97. The van der Waals surface area contributed by atoms with E-state index in [0.29, 0.717) is 5.56 Å². The molecule has 2 rings (SSSR count). The number of alkyl halides is 3.